The molecule has 7 heteroatoms. The summed E-state index contributed by atoms with van der Waals surface area (Å²) in [6.45, 7) is 4.23. The number of carbonyl (C=O) groups excluding carboxylic acids is 1. The molecule has 0 fully saturated rings. The Morgan fingerprint density at radius 1 is 1.21 bits per heavy atom. The number of ether oxygens (including phenoxy) is 1. The molecule has 1 aromatic heterocycles. The Balaban J connectivity index is 2.02. The van der Waals surface area contributed by atoms with E-state index in [1.54, 1.807) is 0 Å². The van der Waals surface area contributed by atoms with Crippen LogP contribution in [0.1, 0.15) is 25.5 Å². The van der Waals surface area contributed by atoms with Gasteiger partial charge in [0.25, 0.3) is 5.56 Å². The summed E-state index contributed by atoms with van der Waals surface area (Å²) in [6, 6.07) is 8.50. The first kappa shape index (κ1) is 17.5. The van der Waals surface area contributed by atoms with Gasteiger partial charge in [-0.3, -0.25) is 18.7 Å². The molecule has 7 nitrogen and oxygen atoms in total. The zero-order valence-corrected chi connectivity index (χ0v) is 14.0. The molecule has 0 aliphatic heterocycles. The lowest BCUT2D eigenvalue weighted by molar-refractivity contribution is -0.122. The molecular formula is C17H21N3O4. The summed E-state index contributed by atoms with van der Waals surface area (Å²) in [5, 5.41) is 2.83. The van der Waals surface area contributed by atoms with Gasteiger partial charge in [0.2, 0.25) is 5.91 Å². The third-order valence-electron chi connectivity index (χ3n) is 3.64. The van der Waals surface area contributed by atoms with Gasteiger partial charge in [-0.25, -0.2) is 4.79 Å². The molecule has 0 bridgehead atoms. The number of nitrogens with zero attached hydrogens (tertiary/aromatic N) is 2. The van der Waals surface area contributed by atoms with E-state index < -0.39 is 11.2 Å². The van der Waals surface area contributed by atoms with E-state index >= 15 is 0 Å². The summed E-state index contributed by atoms with van der Waals surface area (Å²) >= 11 is 0. The second-order valence-electron chi connectivity index (χ2n) is 5.41. The second-order valence-corrected chi connectivity index (χ2v) is 5.41. The van der Waals surface area contributed by atoms with Crippen LogP contribution < -0.4 is 21.3 Å². The third kappa shape index (κ3) is 4.13. The van der Waals surface area contributed by atoms with E-state index in [4.69, 9.17) is 4.74 Å². The van der Waals surface area contributed by atoms with E-state index in [1.807, 2.05) is 38.1 Å². The highest BCUT2D eigenvalue weighted by molar-refractivity contribution is 5.76. The minimum Gasteiger partial charge on any atom is -0.494 e. The average Bonchev–Trinajstić information content (AvgIpc) is 2.56. The molecule has 1 atom stereocenters. The van der Waals surface area contributed by atoms with Crippen LogP contribution in [-0.4, -0.2) is 21.6 Å². The van der Waals surface area contributed by atoms with Gasteiger partial charge in [-0.1, -0.05) is 12.1 Å². The highest BCUT2D eigenvalue weighted by atomic mass is 16.5. The second kappa shape index (κ2) is 7.63. The van der Waals surface area contributed by atoms with Crippen LogP contribution in [0.2, 0.25) is 0 Å². The molecule has 1 amide bonds. The van der Waals surface area contributed by atoms with Crippen molar-refractivity contribution < 1.29 is 9.53 Å². The Hall–Kier alpha value is -2.83. The Morgan fingerprint density at radius 3 is 2.50 bits per heavy atom. The summed E-state index contributed by atoms with van der Waals surface area (Å²) in [7, 11) is 1.38. The van der Waals surface area contributed by atoms with E-state index in [-0.39, 0.29) is 18.5 Å². The van der Waals surface area contributed by atoms with Crippen molar-refractivity contribution in [1.29, 1.82) is 0 Å². The molecule has 24 heavy (non-hydrogen) atoms. The van der Waals surface area contributed by atoms with Gasteiger partial charge in [0.1, 0.15) is 12.3 Å². The van der Waals surface area contributed by atoms with Crippen LogP contribution in [0.5, 0.6) is 5.75 Å². The zero-order valence-electron chi connectivity index (χ0n) is 14.0. The van der Waals surface area contributed by atoms with Crippen LogP contribution in [0.3, 0.4) is 0 Å². The maximum absolute atomic E-state index is 12.1. The molecule has 1 aromatic carbocycles. The van der Waals surface area contributed by atoms with Gasteiger partial charge in [-0.05, 0) is 31.5 Å². The normalized spacial score (nSPS) is 11.8. The van der Waals surface area contributed by atoms with Gasteiger partial charge in [0.15, 0.2) is 0 Å². The fraction of sp³-hybridized carbons (Fsp3) is 0.353. The van der Waals surface area contributed by atoms with E-state index in [9.17, 15) is 14.4 Å². The number of hydrogen-bond acceptors (Lipinski definition) is 4. The Morgan fingerprint density at radius 2 is 1.88 bits per heavy atom. The summed E-state index contributed by atoms with van der Waals surface area (Å²) < 4.78 is 7.54. The number of rotatable bonds is 6. The lowest BCUT2D eigenvalue weighted by Gasteiger charge is -2.15. The SMILES string of the molecule is CCOc1ccc([C@@H](C)NC(=O)Cn2ccc(=O)n(C)c2=O)cc1. The molecule has 0 aliphatic rings. The van der Waals surface area contributed by atoms with Gasteiger partial charge >= 0.3 is 5.69 Å². The van der Waals surface area contributed by atoms with Crippen LogP contribution in [0.4, 0.5) is 0 Å². The monoisotopic (exact) mass is 331 g/mol. The van der Waals surface area contributed by atoms with Crippen molar-refractivity contribution in [3.63, 3.8) is 0 Å². The van der Waals surface area contributed by atoms with E-state index in [0.717, 1.165) is 15.9 Å². The average molecular weight is 331 g/mol. The number of carbonyl (C=O) groups is 1. The van der Waals surface area contributed by atoms with Gasteiger partial charge < -0.3 is 10.1 Å². The zero-order chi connectivity index (χ0) is 17.7. The summed E-state index contributed by atoms with van der Waals surface area (Å²) in [6.07, 6.45) is 1.33. The first-order valence-electron chi connectivity index (χ1n) is 7.71. The maximum Gasteiger partial charge on any atom is 0.331 e. The van der Waals surface area contributed by atoms with Crippen molar-refractivity contribution in [3.05, 3.63) is 62.9 Å². The van der Waals surface area contributed by atoms with Crippen LogP contribution in [0.15, 0.2) is 46.1 Å². The highest BCUT2D eigenvalue weighted by Gasteiger charge is 2.11. The minimum atomic E-state index is -0.522. The Kier molecular flexibility index (Phi) is 5.57. The van der Waals surface area contributed by atoms with Gasteiger partial charge in [-0.15, -0.1) is 0 Å². The van der Waals surface area contributed by atoms with Crippen molar-refractivity contribution in [2.24, 2.45) is 7.05 Å². The number of benzene rings is 1. The molecular weight excluding hydrogens is 310 g/mol. The predicted octanol–water partition coefficient (Wildman–Crippen LogP) is 0.823. The fourth-order valence-electron chi connectivity index (χ4n) is 2.28. The quantitative estimate of drug-likeness (QED) is 0.850. The van der Waals surface area contributed by atoms with Crippen LogP contribution >= 0.6 is 0 Å². The number of aromatic nitrogens is 2. The van der Waals surface area contributed by atoms with Crippen LogP contribution in [0, 0.1) is 0 Å². The van der Waals surface area contributed by atoms with Crippen molar-refractivity contribution in [2.45, 2.75) is 26.4 Å². The maximum atomic E-state index is 12.1. The first-order chi connectivity index (χ1) is 11.4. The standard InChI is InChI=1S/C17H21N3O4/c1-4-24-14-7-5-13(6-8-14)12(2)18-15(21)11-20-10-9-16(22)19(3)17(20)23/h5-10,12H,4,11H2,1-3H3,(H,18,21)/t12-/m1/s1. The molecule has 0 saturated carbocycles. The smallest absolute Gasteiger partial charge is 0.331 e. The lowest BCUT2D eigenvalue weighted by Crippen LogP contribution is -2.40. The highest BCUT2D eigenvalue weighted by Crippen LogP contribution is 2.17. The number of hydrogen-bond donors (Lipinski definition) is 1. The van der Waals surface area contributed by atoms with Crippen molar-refractivity contribution in [2.75, 3.05) is 6.61 Å². The molecule has 2 aromatic rings. The number of amides is 1. The van der Waals surface area contributed by atoms with Crippen molar-refractivity contribution in [3.8, 4) is 5.75 Å². The third-order valence-corrected chi connectivity index (χ3v) is 3.64. The first-order valence-corrected chi connectivity index (χ1v) is 7.71. The Bertz CT molecular complexity index is 821. The largest absolute Gasteiger partial charge is 0.494 e. The van der Waals surface area contributed by atoms with Crippen molar-refractivity contribution >= 4 is 5.91 Å². The summed E-state index contributed by atoms with van der Waals surface area (Å²) in [5.41, 5.74) is 0.00500. The fourth-order valence-corrected chi connectivity index (χ4v) is 2.28. The van der Waals surface area contributed by atoms with Crippen LogP contribution in [0.25, 0.3) is 0 Å². The minimum absolute atomic E-state index is 0.145. The molecule has 128 valence electrons. The van der Waals surface area contributed by atoms with E-state index in [2.05, 4.69) is 5.32 Å². The van der Waals surface area contributed by atoms with Gasteiger partial charge in [0, 0.05) is 19.3 Å². The van der Waals surface area contributed by atoms with Crippen LogP contribution in [-0.2, 0) is 18.4 Å². The van der Waals surface area contributed by atoms with E-state index in [0.29, 0.717) is 6.61 Å². The molecule has 2 rings (SSSR count). The summed E-state index contributed by atoms with van der Waals surface area (Å²) in [5.74, 6) is 0.466. The molecule has 1 heterocycles. The number of nitrogens with one attached hydrogen (secondary N) is 1. The lowest BCUT2D eigenvalue weighted by atomic mass is 10.1. The molecule has 0 saturated heterocycles. The van der Waals surface area contributed by atoms with E-state index in [1.165, 1.54) is 23.9 Å². The molecule has 1 N–H and O–H groups in total. The van der Waals surface area contributed by atoms with Gasteiger partial charge in [0.05, 0.1) is 12.6 Å². The molecule has 0 unspecified atom stereocenters. The molecule has 0 spiro atoms. The predicted molar refractivity (Wildman–Crippen MR) is 90.1 cm³/mol. The molecule has 0 aliphatic carbocycles. The topological polar surface area (TPSA) is 82.3 Å². The molecule has 0 radical (unpaired) electrons. The summed E-state index contributed by atoms with van der Waals surface area (Å²) in [4.78, 5) is 35.4. The van der Waals surface area contributed by atoms with Crippen molar-refractivity contribution in [1.82, 2.24) is 14.5 Å². The van der Waals surface area contributed by atoms with Gasteiger partial charge in [-0.2, -0.15) is 0 Å². The Labute approximate surface area is 139 Å².